The van der Waals surface area contributed by atoms with Crippen LogP contribution in [0.5, 0.6) is 0 Å². The molecule has 0 aliphatic heterocycles. The minimum Gasteiger partial charge on any atom is -0.348 e. The fraction of sp³-hybridized carbons (Fsp3) is 0.167. The lowest BCUT2D eigenvalue weighted by molar-refractivity contribution is -0.116. The number of carbonyl (C=O) groups excluding carboxylic acids is 1. The van der Waals surface area contributed by atoms with Gasteiger partial charge in [0, 0.05) is 23.3 Å². The summed E-state index contributed by atoms with van der Waals surface area (Å²) in [7, 11) is 0. The fourth-order valence-corrected chi connectivity index (χ4v) is 1.81. The Labute approximate surface area is 114 Å². The number of aromatic amines is 1. The van der Waals surface area contributed by atoms with E-state index in [0.29, 0.717) is 28.6 Å². The second-order valence-corrected chi connectivity index (χ2v) is 4.59. The first-order valence-corrected chi connectivity index (χ1v) is 6.13. The first-order chi connectivity index (χ1) is 8.65. The number of carbonyl (C=O) groups is 1. The second-order valence-electron chi connectivity index (χ2n) is 3.75. The summed E-state index contributed by atoms with van der Waals surface area (Å²) in [5.41, 5.74) is 1.45. The van der Waals surface area contributed by atoms with Crippen molar-refractivity contribution in [1.82, 2.24) is 9.97 Å². The molecule has 2 aromatic rings. The Morgan fingerprint density at radius 1 is 1.39 bits per heavy atom. The van der Waals surface area contributed by atoms with E-state index in [9.17, 15) is 4.79 Å². The molecule has 6 heteroatoms. The second kappa shape index (κ2) is 5.89. The zero-order chi connectivity index (χ0) is 13.0. The summed E-state index contributed by atoms with van der Waals surface area (Å²) in [4.78, 5) is 18.5. The Kier molecular flexibility index (Phi) is 4.23. The lowest BCUT2D eigenvalue weighted by Gasteiger charge is -2.07. The summed E-state index contributed by atoms with van der Waals surface area (Å²) in [6, 6.07) is 4.94. The van der Waals surface area contributed by atoms with Crippen molar-refractivity contribution >= 4 is 34.8 Å². The van der Waals surface area contributed by atoms with Gasteiger partial charge in [0.2, 0.25) is 5.91 Å². The van der Waals surface area contributed by atoms with Crippen molar-refractivity contribution in [3.63, 3.8) is 0 Å². The van der Waals surface area contributed by atoms with Crippen molar-refractivity contribution in [2.24, 2.45) is 0 Å². The highest BCUT2D eigenvalue weighted by molar-refractivity contribution is 6.35. The van der Waals surface area contributed by atoms with Gasteiger partial charge < -0.3 is 10.3 Å². The first-order valence-electron chi connectivity index (χ1n) is 5.37. The van der Waals surface area contributed by atoms with E-state index in [1.165, 1.54) is 0 Å². The van der Waals surface area contributed by atoms with Crippen LogP contribution in [0.15, 0.2) is 30.7 Å². The molecule has 18 heavy (non-hydrogen) atoms. The Morgan fingerprint density at radius 3 is 2.94 bits per heavy atom. The molecule has 0 radical (unpaired) electrons. The van der Waals surface area contributed by atoms with Gasteiger partial charge in [0.05, 0.1) is 17.0 Å². The molecule has 0 unspecified atom stereocenters. The number of halogens is 2. The largest absolute Gasteiger partial charge is 0.348 e. The summed E-state index contributed by atoms with van der Waals surface area (Å²) in [5, 5.41) is 3.72. The lowest BCUT2D eigenvalue weighted by atomic mass is 10.2. The molecule has 94 valence electrons. The molecule has 2 N–H and O–H groups in total. The van der Waals surface area contributed by atoms with Crippen molar-refractivity contribution < 1.29 is 4.79 Å². The van der Waals surface area contributed by atoms with Crippen LogP contribution in [0.4, 0.5) is 5.69 Å². The van der Waals surface area contributed by atoms with E-state index in [1.54, 1.807) is 30.7 Å². The third kappa shape index (κ3) is 3.48. The Bertz CT molecular complexity index is 540. The quantitative estimate of drug-likeness (QED) is 0.905. The van der Waals surface area contributed by atoms with Crippen LogP contribution in [-0.4, -0.2) is 15.9 Å². The fourth-order valence-electron chi connectivity index (χ4n) is 1.48. The average Bonchev–Trinajstić information content (AvgIpc) is 2.84. The molecule has 0 aliphatic carbocycles. The molecule has 1 aromatic heterocycles. The molecule has 0 saturated carbocycles. The molecular weight excluding hydrogens is 273 g/mol. The number of anilines is 1. The van der Waals surface area contributed by atoms with Crippen molar-refractivity contribution in [1.29, 1.82) is 0 Å². The van der Waals surface area contributed by atoms with Crippen LogP contribution in [0.1, 0.15) is 12.1 Å². The number of hydrogen-bond donors (Lipinski definition) is 2. The van der Waals surface area contributed by atoms with Gasteiger partial charge in [0.15, 0.2) is 0 Å². The van der Waals surface area contributed by atoms with Gasteiger partial charge in [-0.25, -0.2) is 4.98 Å². The monoisotopic (exact) mass is 283 g/mol. The smallest absolute Gasteiger partial charge is 0.224 e. The van der Waals surface area contributed by atoms with Gasteiger partial charge in [0.1, 0.15) is 0 Å². The minimum absolute atomic E-state index is 0.117. The summed E-state index contributed by atoms with van der Waals surface area (Å²) < 4.78 is 0. The van der Waals surface area contributed by atoms with E-state index in [1.807, 2.05) is 0 Å². The molecule has 1 amide bonds. The van der Waals surface area contributed by atoms with Gasteiger partial charge in [-0.05, 0) is 24.6 Å². The maximum Gasteiger partial charge on any atom is 0.224 e. The van der Waals surface area contributed by atoms with E-state index in [-0.39, 0.29) is 5.91 Å². The molecule has 0 fully saturated rings. The summed E-state index contributed by atoms with van der Waals surface area (Å²) in [6.07, 6.45) is 4.23. The SMILES string of the molecule is O=C(CCc1cnc[nH]1)Nc1cc(Cl)ccc1Cl. The summed E-state index contributed by atoms with van der Waals surface area (Å²) in [6.45, 7) is 0. The van der Waals surface area contributed by atoms with Crippen molar-refractivity contribution in [2.45, 2.75) is 12.8 Å². The molecule has 0 spiro atoms. The molecule has 0 atom stereocenters. The van der Waals surface area contributed by atoms with E-state index < -0.39 is 0 Å². The van der Waals surface area contributed by atoms with Gasteiger partial charge in [-0.15, -0.1) is 0 Å². The highest BCUT2D eigenvalue weighted by atomic mass is 35.5. The van der Waals surface area contributed by atoms with E-state index in [4.69, 9.17) is 23.2 Å². The topological polar surface area (TPSA) is 57.8 Å². The van der Waals surface area contributed by atoms with E-state index in [2.05, 4.69) is 15.3 Å². The average molecular weight is 284 g/mol. The zero-order valence-corrected chi connectivity index (χ0v) is 10.9. The van der Waals surface area contributed by atoms with Crippen molar-refractivity contribution in [2.75, 3.05) is 5.32 Å². The highest BCUT2D eigenvalue weighted by Gasteiger charge is 2.07. The molecule has 1 heterocycles. The summed E-state index contributed by atoms with van der Waals surface area (Å²) >= 11 is 11.8. The predicted octanol–water partition coefficient (Wildman–Crippen LogP) is 3.29. The van der Waals surface area contributed by atoms with E-state index >= 15 is 0 Å². The van der Waals surface area contributed by atoms with Gasteiger partial charge >= 0.3 is 0 Å². The number of aromatic nitrogens is 2. The number of rotatable bonds is 4. The van der Waals surface area contributed by atoms with Gasteiger partial charge in [-0.3, -0.25) is 4.79 Å². The number of imidazole rings is 1. The van der Waals surface area contributed by atoms with Crippen molar-refractivity contribution in [3.8, 4) is 0 Å². The number of nitrogens with zero attached hydrogens (tertiary/aromatic N) is 1. The molecule has 4 nitrogen and oxygen atoms in total. The van der Waals surface area contributed by atoms with Crippen LogP contribution in [0.3, 0.4) is 0 Å². The normalized spacial score (nSPS) is 10.3. The summed E-state index contributed by atoms with van der Waals surface area (Å²) in [5.74, 6) is -0.117. The van der Waals surface area contributed by atoms with Crippen LogP contribution in [0.25, 0.3) is 0 Å². The van der Waals surface area contributed by atoms with Crippen LogP contribution in [0.2, 0.25) is 10.0 Å². The number of aryl methyl sites for hydroxylation is 1. The lowest BCUT2D eigenvalue weighted by Crippen LogP contribution is -2.12. The first kappa shape index (κ1) is 12.9. The number of benzene rings is 1. The number of H-pyrrole nitrogens is 1. The number of hydrogen-bond acceptors (Lipinski definition) is 2. The number of amides is 1. The van der Waals surface area contributed by atoms with Gasteiger partial charge in [-0.2, -0.15) is 0 Å². The van der Waals surface area contributed by atoms with Crippen LogP contribution in [-0.2, 0) is 11.2 Å². The van der Waals surface area contributed by atoms with Crippen LogP contribution in [0, 0.1) is 0 Å². The Hall–Kier alpha value is -1.52. The van der Waals surface area contributed by atoms with Crippen molar-refractivity contribution in [3.05, 3.63) is 46.5 Å². The Morgan fingerprint density at radius 2 is 2.22 bits per heavy atom. The number of nitrogens with one attached hydrogen (secondary N) is 2. The third-order valence-corrected chi connectivity index (χ3v) is 2.94. The molecule has 1 aromatic carbocycles. The van der Waals surface area contributed by atoms with Gasteiger partial charge in [-0.1, -0.05) is 23.2 Å². The Balaban J connectivity index is 1.92. The zero-order valence-electron chi connectivity index (χ0n) is 9.41. The standard InChI is InChI=1S/C12H11Cl2N3O/c13-8-1-3-10(14)11(5-8)17-12(18)4-2-9-6-15-7-16-9/h1,3,5-7H,2,4H2,(H,15,16)(H,17,18). The van der Waals surface area contributed by atoms with Crippen LogP contribution < -0.4 is 5.32 Å². The molecule has 0 aliphatic rings. The maximum absolute atomic E-state index is 11.7. The predicted molar refractivity (Wildman–Crippen MR) is 72.0 cm³/mol. The molecule has 0 saturated heterocycles. The highest BCUT2D eigenvalue weighted by Crippen LogP contribution is 2.25. The third-order valence-electron chi connectivity index (χ3n) is 2.38. The maximum atomic E-state index is 11.7. The van der Waals surface area contributed by atoms with Gasteiger partial charge in [0.25, 0.3) is 0 Å². The molecule has 2 rings (SSSR count). The molecular formula is C12H11Cl2N3O. The minimum atomic E-state index is -0.117. The molecule has 0 bridgehead atoms. The van der Waals surface area contributed by atoms with Crippen LogP contribution >= 0.6 is 23.2 Å². The van der Waals surface area contributed by atoms with E-state index in [0.717, 1.165) is 5.69 Å².